The predicted molar refractivity (Wildman–Crippen MR) is 72.1 cm³/mol. The number of piperidine rings is 1. The Balaban J connectivity index is 2.22. The molecule has 100 valence electrons. The fourth-order valence-corrected chi connectivity index (χ4v) is 2.45. The van der Waals surface area contributed by atoms with Gasteiger partial charge in [-0.3, -0.25) is 0 Å². The molecule has 0 bridgehead atoms. The summed E-state index contributed by atoms with van der Waals surface area (Å²) in [6, 6.07) is 0.451. The second-order valence-electron chi connectivity index (χ2n) is 5.54. The van der Waals surface area contributed by atoms with Gasteiger partial charge in [0.15, 0.2) is 0 Å². The van der Waals surface area contributed by atoms with Crippen LogP contribution in [0.2, 0.25) is 0 Å². The van der Waals surface area contributed by atoms with E-state index >= 15 is 0 Å². The molecule has 0 aromatic heterocycles. The summed E-state index contributed by atoms with van der Waals surface area (Å²) >= 11 is 0. The average molecular weight is 240 g/mol. The molecule has 0 spiro atoms. The molecular weight excluding hydrogens is 212 g/mol. The number of carbonyl (C=O) groups excluding carboxylic acids is 1. The monoisotopic (exact) mass is 240 g/mol. The zero-order valence-electron chi connectivity index (χ0n) is 11.7. The van der Waals surface area contributed by atoms with E-state index in [9.17, 15) is 4.79 Å². The summed E-state index contributed by atoms with van der Waals surface area (Å²) in [5.41, 5.74) is 0. The van der Waals surface area contributed by atoms with Crippen LogP contribution in [0.1, 0.15) is 59.3 Å². The third kappa shape index (κ3) is 5.42. The lowest BCUT2D eigenvalue weighted by atomic mass is 10.0. The molecule has 3 nitrogen and oxygen atoms in total. The maximum absolute atomic E-state index is 12.0. The van der Waals surface area contributed by atoms with Gasteiger partial charge < -0.3 is 10.2 Å². The molecule has 2 atom stereocenters. The normalized spacial score (nSPS) is 22.3. The van der Waals surface area contributed by atoms with Crippen LogP contribution < -0.4 is 5.32 Å². The predicted octanol–water partition coefficient (Wildman–Crippen LogP) is 3.40. The van der Waals surface area contributed by atoms with Crippen LogP contribution >= 0.6 is 0 Å². The summed E-state index contributed by atoms with van der Waals surface area (Å²) in [4.78, 5) is 14.0. The van der Waals surface area contributed by atoms with Gasteiger partial charge in [-0.2, -0.15) is 0 Å². The maximum atomic E-state index is 12.0. The highest BCUT2D eigenvalue weighted by Gasteiger charge is 2.21. The molecule has 1 fully saturated rings. The first-order valence-corrected chi connectivity index (χ1v) is 7.19. The molecule has 0 aromatic carbocycles. The molecule has 1 aliphatic heterocycles. The Kier molecular flexibility index (Phi) is 6.38. The SMILES string of the molecule is CCCCC[C@H](C)NC(=O)N1CCC[C@H](C)C1. The zero-order valence-corrected chi connectivity index (χ0v) is 11.7. The van der Waals surface area contributed by atoms with Crippen LogP contribution in [0.25, 0.3) is 0 Å². The van der Waals surface area contributed by atoms with E-state index in [1.54, 1.807) is 0 Å². The zero-order chi connectivity index (χ0) is 12.7. The number of unbranched alkanes of at least 4 members (excludes halogenated alkanes) is 2. The highest BCUT2D eigenvalue weighted by atomic mass is 16.2. The Bertz CT molecular complexity index is 230. The molecule has 0 saturated carbocycles. The Hall–Kier alpha value is -0.730. The van der Waals surface area contributed by atoms with E-state index in [2.05, 4.69) is 26.1 Å². The van der Waals surface area contributed by atoms with Crippen LogP contribution in [-0.4, -0.2) is 30.1 Å². The Labute approximate surface area is 106 Å². The number of nitrogens with zero attached hydrogens (tertiary/aromatic N) is 1. The molecule has 3 heteroatoms. The van der Waals surface area contributed by atoms with E-state index in [-0.39, 0.29) is 6.03 Å². The first-order valence-electron chi connectivity index (χ1n) is 7.19. The van der Waals surface area contributed by atoms with Gasteiger partial charge in [-0.05, 0) is 32.1 Å². The number of hydrogen-bond donors (Lipinski definition) is 1. The summed E-state index contributed by atoms with van der Waals surface area (Å²) < 4.78 is 0. The van der Waals surface area contributed by atoms with Crippen LogP contribution in [-0.2, 0) is 0 Å². The van der Waals surface area contributed by atoms with Crippen molar-refractivity contribution in [2.24, 2.45) is 5.92 Å². The lowest BCUT2D eigenvalue weighted by Crippen LogP contribution is -2.47. The van der Waals surface area contributed by atoms with Gasteiger partial charge in [-0.15, -0.1) is 0 Å². The van der Waals surface area contributed by atoms with Crippen LogP contribution in [0.4, 0.5) is 4.79 Å². The summed E-state index contributed by atoms with van der Waals surface area (Å²) in [6.45, 7) is 8.40. The minimum Gasteiger partial charge on any atom is -0.336 e. The van der Waals surface area contributed by atoms with E-state index in [1.165, 1.54) is 25.7 Å². The molecule has 1 saturated heterocycles. The third-order valence-corrected chi connectivity index (χ3v) is 3.55. The first-order chi connectivity index (χ1) is 8.13. The highest BCUT2D eigenvalue weighted by molar-refractivity contribution is 5.74. The minimum atomic E-state index is 0.139. The molecule has 1 aliphatic rings. The second kappa shape index (κ2) is 7.57. The topological polar surface area (TPSA) is 32.3 Å². The summed E-state index contributed by atoms with van der Waals surface area (Å²) in [6.07, 6.45) is 7.23. The number of carbonyl (C=O) groups is 1. The molecular formula is C14H28N2O. The van der Waals surface area contributed by atoms with E-state index in [1.807, 2.05) is 4.90 Å². The number of nitrogens with one attached hydrogen (secondary N) is 1. The molecule has 0 unspecified atom stereocenters. The van der Waals surface area contributed by atoms with Gasteiger partial charge in [0.25, 0.3) is 0 Å². The lowest BCUT2D eigenvalue weighted by molar-refractivity contribution is 0.166. The van der Waals surface area contributed by atoms with Gasteiger partial charge in [0.2, 0.25) is 0 Å². The molecule has 1 heterocycles. The van der Waals surface area contributed by atoms with Gasteiger partial charge in [0.05, 0.1) is 0 Å². The van der Waals surface area contributed by atoms with Crippen molar-refractivity contribution in [3.05, 3.63) is 0 Å². The van der Waals surface area contributed by atoms with Crippen molar-refractivity contribution < 1.29 is 4.79 Å². The Morgan fingerprint density at radius 1 is 1.47 bits per heavy atom. The number of amides is 2. The van der Waals surface area contributed by atoms with Crippen LogP contribution in [0.15, 0.2) is 0 Å². The van der Waals surface area contributed by atoms with Gasteiger partial charge in [-0.25, -0.2) is 4.79 Å². The van der Waals surface area contributed by atoms with Gasteiger partial charge in [0.1, 0.15) is 0 Å². The van der Waals surface area contributed by atoms with Crippen molar-refractivity contribution in [2.75, 3.05) is 13.1 Å². The number of urea groups is 1. The number of likely N-dealkylation sites (tertiary alicyclic amines) is 1. The van der Waals surface area contributed by atoms with Crippen LogP contribution in [0, 0.1) is 5.92 Å². The third-order valence-electron chi connectivity index (χ3n) is 3.55. The van der Waals surface area contributed by atoms with Gasteiger partial charge >= 0.3 is 6.03 Å². The fourth-order valence-electron chi connectivity index (χ4n) is 2.45. The van der Waals surface area contributed by atoms with Crippen molar-refractivity contribution in [3.8, 4) is 0 Å². The first kappa shape index (κ1) is 14.3. The average Bonchev–Trinajstić information content (AvgIpc) is 2.29. The molecule has 2 amide bonds. The fraction of sp³-hybridized carbons (Fsp3) is 0.929. The molecule has 1 rings (SSSR count). The standard InChI is InChI=1S/C14H28N2O/c1-4-5-6-9-13(3)15-14(17)16-10-7-8-12(2)11-16/h12-13H,4-11H2,1-3H3,(H,15,17)/t12-,13-/m0/s1. The van der Waals surface area contributed by atoms with Crippen molar-refractivity contribution in [3.63, 3.8) is 0 Å². The van der Waals surface area contributed by atoms with Gasteiger partial charge in [0, 0.05) is 19.1 Å². The van der Waals surface area contributed by atoms with Crippen molar-refractivity contribution in [2.45, 2.75) is 65.3 Å². The van der Waals surface area contributed by atoms with Crippen molar-refractivity contribution >= 4 is 6.03 Å². The van der Waals surface area contributed by atoms with E-state index in [4.69, 9.17) is 0 Å². The largest absolute Gasteiger partial charge is 0.336 e. The van der Waals surface area contributed by atoms with Crippen molar-refractivity contribution in [1.29, 1.82) is 0 Å². The molecule has 17 heavy (non-hydrogen) atoms. The molecule has 0 radical (unpaired) electrons. The quantitative estimate of drug-likeness (QED) is 0.734. The summed E-state index contributed by atoms with van der Waals surface area (Å²) in [5.74, 6) is 0.657. The maximum Gasteiger partial charge on any atom is 0.317 e. The summed E-state index contributed by atoms with van der Waals surface area (Å²) in [7, 11) is 0. The van der Waals surface area contributed by atoms with E-state index in [0.29, 0.717) is 12.0 Å². The van der Waals surface area contributed by atoms with Crippen molar-refractivity contribution in [1.82, 2.24) is 10.2 Å². The number of hydrogen-bond acceptors (Lipinski definition) is 1. The smallest absolute Gasteiger partial charge is 0.317 e. The Morgan fingerprint density at radius 3 is 2.88 bits per heavy atom. The summed E-state index contributed by atoms with van der Waals surface area (Å²) in [5, 5.41) is 3.12. The van der Waals surface area contributed by atoms with E-state index < -0.39 is 0 Å². The van der Waals surface area contributed by atoms with Gasteiger partial charge in [-0.1, -0.05) is 33.1 Å². The highest BCUT2D eigenvalue weighted by Crippen LogP contribution is 2.15. The second-order valence-corrected chi connectivity index (χ2v) is 5.54. The molecule has 0 aromatic rings. The molecule has 1 N–H and O–H groups in total. The van der Waals surface area contributed by atoms with Crippen LogP contribution in [0.5, 0.6) is 0 Å². The Morgan fingerprint density at radius 2 is 2.24 bits per heavy atom. The minimum absolute atomic E-state index is 0.139. The molecule has 0 aliphatic carbocycles. The number of rotatable bonds is 5. The lowest BCUT2D eigenvalue weighted by Gasteiger charge is -2.32. The van der Waals surface area contributed by atoms with Crippen LogP contribution in [0.3, 0.4) is 0 Å². The van der Waals surface area contributed by atoms with E-state index in [0.717, 1.165) is 25.9 Å².